The maximum atomic E-state index is 11.9. The Morgan fingerprint density at radius 1 is 1.27 bits per heavy atom. The highest BCUT2D eigenvalue weighted by atomic mass is 35.5. The molecule has 4 nitrogen and oxygen atoms in total. The summed E-state index contributed by atoms with van der Waals surface area (Å²) in [5.74, 6) is -0.128. The fraction of sp³-hybridized carbons (Fsp3) is 0.562. The predicted octanol–water partition coefficient (Wildman–Crippen LogP) is 3.04. The van der Waals surface area contributed by atoms with Crippen LogP contribution in [0.2, 0.25) is 0 Å². The van der Waals surface area contributed by atoms with Crippen molar-refractivity contribution in [1.82, 2.24) is 5.32 Å². The Labute approximate surface area is 145 Å². The third-order valence-electron chi connectivity index (χ3n) is 3.77. The molecule has 1 amide bonds. The van der Waals surface area contributed by atoms with Crippen LogP contribution in [-0.4, -0.2) is 24.5 Å². The van der Waals surface area contributed by atoms with Crippen molar-refractivity contribution in [3.8, 4) is 0 Å². The quantitative estimate of drug-likeness (QED) is 0.879. The molecule has 0 aliphatic carbocycles. The zero-order chi connectivity index (χ0) is 14.8. The predicted molar refractivity (Wildman–Crippen MR) is 97.2 cm³/mol. The molecule has 1 heterocycles. The van der Waals surface area contributed by atoms with Crippen LogP contribution in [0.15, 0.2) is 24.3 Å². The first-order valence-corrected chi connectivity index (χ1v) is 7.32. The van der Waals surface area contributed by atoms with Crippen molar-refractivity contribution in [3.05, 3.63) is 29.8 Å². The summed E-state index contributed by atoms with van der Waals surface area (Å²) in [6, 6.07) is 8.37. The number of hydrogen-bond acceptors (Lipinski definition) is 3. The molecule has 0 aromatic heterocycles. The number of carbonyl (C=O) groups is 1. The summed E-state index contributed by atoms with van der Waals surface area (Å²) in [5, 5.41) is 2.97. The summed E-state index contributed by atoms with van der Waals surface area (Å²) < 4.78 is 0. The monoisotopic (exact) mass is 347 g/mol. The fourth-order valence-electron chi connectivity index (χ4n) is 2.43. The van der Waals surface area contributed by atoms with Crippen molar-refractivity contribution < 1.29 is 4.79 Å². The second-order valence-electron chi connectivity index (χ2n) is 6.21. The molecule has 1 aromatic rings. The van der Waals surface area contributed by atoms with Gasteiger partial charge >= 0.3 is 0 Å². The van der Waals surface area contributed by atoms with Crippen molar-refractivity contribution in [1.29, 1.82) is 0 Å². The number of amides is 1. The summed E-state index contributed by atoms with van der Waals surface area (Å²) >= 11 is 0. The molecule has 1 fully saturated rings. The second kappa shape index (κ2) is 8.61. The molecular formula is C16H27Cl2N3O. The molecule has 0 saturated carbocycles. The van der Waals surface area contributed by atoms with E-state index in [-0.39, 0.29) is 36.8 Å². The highest BCUT2D eigenvalue weighted by Crippen LogP contribution is 2.24. The molecule has 1 atom stereocenters. The van der Waals surface area contributed by atoms with Gasteiger partial charge in [0.2, 0.25) is 5.91 Å². The van der Waals surface area contributed by atoms with E-state index in [4.69, 9.17) is 5.73 Å². The molecule has 1 saturated heterocycles. The second-order valence-corrected chi connectivity index (χ2v) is 6.21. The van der Waals surface area contributed by atoms with E-state index in [1.807, 2.05) is 13.0 Å². The molecule has 6 heteroatoms. The van der Waals surface area contributed by atoms with Crippen LogP contribution >= 0.6 is 24.8 Å². The van der Waals surface area contributed by atoms with Crippen LogP contribution in [0.25, 0.3) is 0 Å². The van der Waals surface area contributed by atoms with E-state index in [9.17, 15) is 4.79 Å². The van der Waals surface area contributed by atoms with E-state index in [0.717, 1.165) is 18.7 Å². The van der Waals surface area contributed by atoms with Crippen molar-refractivity contribution in [3.63, 3.8) is 0 Å². The van der Waals surface area contributed by atoms with Gasteiger partial charge in [-0.1, -0.05) is 12.1 Å². The molecule has 0 radical (unpaired) electrons. The van der Waals surface area contributed by atoms with E-state index in [1.54, 1.807) is 13.8 Å². The number of nitrogens with zero attached hydrogens (tertiary/aromatic N) is 1. The first-order valence-electron chi connectivity index (χ1n) is 7.32. The molecule has 0 bridgehead atoms. The van der Waals surface area contributed by atoms with Crippen molar-refractivity contribution in [2.45, 2.75) is 45.2 Å². The third-order valence-corrected chi connectivity index (χ3v) is 3.77. The van der Waals surface area contributed by atoms with Crippen LogP contribution in [0, 0.1) is 0 Å². The lowest BCUT2D eigenvalue weighted by molar-refractivity contribution is -0.125. The zero-order valence-electron chi connectivity index (χ0n) is 13.5. The lowest BCUT2D eigenvalue weighted by Gasteiger charge is -2.24. The minimum atomic E-state index is -0.846. The van der Waals surface area contributed by atoms with Crippen LogP contribution in [0.3, 0.4) is 0 Å². The molecule has 1 aliphatic rings. The number of halogens is 2. The van der Waals surface area contributed by atoms with Gasteiger partial charge in [-0.25, -0.2) is 0 Å². The summed E-state index contributed by atoms with van der Waals surface area (Å²) in [4.78, 5) is 14.3. The minimum absolute atomic E-state index is 0. The molecule has 1 aliphatic heterocycles. The molecular weight excluding hydrogens is 321 g/mol. The van der Waals surface area contributed by atoms with Gasteiger partial charge in [-0.3, -0.25) is 4.79 Å². The van der Waals surface area contributed by atoms with Gasteiger partial charge in [0.05, 0.1) is 11.6 Å². The molecule has 2 rings (SSSR count). The largest absolute Gasteiger partial charge is 0.372 e. The lowest BCUT2D eigenvalue weighted by Crippen LogP contribution is -2.49. The van der Waals surface area contributed by atoms with Gasteiger partial charge in [-0.2, -0.15) is 0 Å². The number of benzene rings is 1. The van der Waals surface area contributed by atoms with E-state index in [2.05, 4.69) is 28.4 Å². The number of carbonyl (C=O) groups excluding carboxylic acids is 1. The Hall–Kier alpha value is -0.970. The van der Waals surface area contributed by atoms with Crippen molar-refractivity contribution >= 4 is 36.4 Å². The average molecular weight is 348 g/mol. The summed E-state index contributed by atoms with van der Waals surface area (Å²) in [5.41, 5.74) is 7.33. The van der Waals surface area contributed by atoms with Gasteiger partial charge < -0.3 is 16.0 Å². The highest BCUT2D eigenvalue weighted by molar-refractivity contribution is 5.86. The van der Waals surface area contributed by atoms with Gasteiger partial charge in [0.25, 0.3) is 0 Å². The van der Waals surface area contributed by atoms with E-state index in [1.165, 1.54) is 18.5 Å². The van der Waals surface area contributed by atoms with Gasteiger partial charge in [0.1, 0.15) is 0 Å². The van der Waals surface area contributed by atoms with E-state index < -0.39 is 5.54 Å². The van der Waals surface area contributed by atoms with Crippen LogP contribution in [0.1, 0.15) is 45.2 Å². The smallest absolute Gasteiger partial charge is 0.239 e. The van der Waals surface area contributed by atoms with Gasteiger partial charge in [-0.15, -0.1) is 24.8 Å². The minimum Gasteiger partial charge on any atom is -0.372 e. The van der Waals surface area contributed by atoms with E-state index >= 15 is 0 Å². The molecule has 1 aromatic carbocycles. The normalized spacial score (nSPS) is 15.5. The topological polar surface area (TPSA) is 58.4 Å². The summed E-state index contributed by atoms with van der Waals surface area (Å²) in [6.45, 7) is 7.68. The number of nitrogens with two attached hydrogens (primary N) is 1. The van der Waals surface area contributed by atoms with E-state index in [0.29, 0.717) is 0 Å². The molecule has 1 unspecified atom stereocenters. The first-order chi connectivity index (χ1) is 9.38. The van der Waals surface area contributed by atoms with Crippen LogP contribution < -0.4 is 16.0 Å². The fourth-order valence-corrected chi connectivity index (χ4v) is 2.43. The lowest BCUT2D eigenvalue weighted by atomic mass is 10.0. The Bertz CT molecular complexity index is 483. The third kappa shape index (κ3) is 5.34. The standard InChI is InChI=1S/C16H25N3O.2ClH/c1-12(18-15(20)16(2,3)17)13-7-6-8-14(11-13)19-9-4-5-10-19;;/h6-8,11-12H,4-5,9-10,17H2,1-3H3,(H,18,20);2*1H. The van der Waals surface area contributed by atoms with Gasteiger partial charge in [0.15, 0.2) is 0 Å². The number of nitrogens with one attached hydrogen (secondary N) is 1. The summed E-state index contributed by atoms with van der Waals surface area (Å²) in [6.07, 6.45) is 2.52. The maximum absolute atomic E-state index is 11.9. The average Bonchev–Trinajstić information content (AvgIpc) is 2.91. The van der Waals surface area contributed by atoms with Gasteiger partial charge in [-0.05, 0) is 51.3 Å². The number of rotatable bonds is 4. The molecule has 126 valence electrons. The van der Waals surface area contributed by atoms with Crippen LogP contribution in [0.4, 0.5) is 5.69 Å². The SMILES string of the molecule is CC(NC(=O)C(C)(C)N)c1cccc(N2CCCC2)c1.Cl.Cl. The van der Waals surface area contributed by atoms with Crippen LogP contribution in [-0.2, 0) is 4.79 Å². The number of hydrogen-bond donors (Lipinski definition) is 2. The van der Waals surface area contributed by atoms with Crippen molar-refractivity contribution in [2.75, 3.05) is 18.0 Å². The van der Waals surface area contributed by atoms with Gasteiger partial charge in [0, 0.05) is 18.8 Å². The summed E-state index contributed by atoms with van der Waals surface area (Å²) in [7, 11) is 0. The Balaban J connectivity index is 0.00000220. The Morgan fingerprint density at radius 2 is 1.86 bits per heavy atom. The molecule has 22 heavy (non-hydrogen) atoms. The van der Waals surface area contributed by atoms with Crippen molar-refractivity contribution in [2.24, 2.45) is 5.73 Å². The first kappa shape index (κ1) is 21.0. The molecule has 3 N–H and O–H groups in total. The molecule has 0 spiro atoms. The highest BCUT2D eigenvalue weighted by Gasteiger charge is 2.23. The Kier molecular flexibility index (Phi) is 8.23. The Morgan fingerprint density at radius 3 is 2.41 bits per heavy atom. The number of anilines is 1. The van der Waals surface area contributed by atoms with Crippen LogP contribution in [0.5, 0.6) is 0 Å². The zero-order valence-corrected chi connectivity index (χ0v) is 15.1. The maximum Gasteiger partial charge on any atom is 0.239 e.